The van der Waals surface area contributed by atoms with Gasteiger partial charge in [-0.2, -0.15) is 0 Å². The van der Waals surface area contributed by atoms with Crippen LogP contribution in [0.2, 0.25) is 0 Å². The number of anilines is 2. The highest BCUT2D eigenvalue weighted by atomic mass is 16.5. The SMILES string of the molecule is Cc1cccc(OCCN2C(=O)[C@H](C)CNc3ccccc32)c1. The van der Waals surface area contributed by atoms with Crippen molar-refractivity contribution in [1.82, 2.24) is 0 Å². The van der Waals surface area contributed by atoms with Gasteiger partial charge in [0.1, 0.15) is 12.4 Å². The van der Waals surface area contributed by atoms with E-state index in [0.717, 1.165) is 22.7 Å². The molecule has 4 heteroatoms. The first-order valence-electron chi connectivity index (χ1n) is 7.99. The molecule has 1 N–H and O–H groups in total. The Morgan fingerprint density at radius 2 is 2.04 bits per heavy atom. The summed E-state index contributed by atoms with van der Waals surface area (Å²) in [5, 5.41) is 3.35. The van der Waals surface area contributed by atoms with Crippen LogP contribution in [0, 0.1) is 12.8 Å². The molecule has 0 spiro atoms. The van der Waals surface area contributed by atoms with E-state index in [1.165, 1.54) is 0 Å². The third-order valence-electron chi connectivity index (χ3n) is 4.05. The summed E-state index contributed by atoms with van der Waals surface area (Å²) in [4.78, 5) is 14.5. The van der Waals surface area contributed by atoms with E-state index in [1.807, 2.05) is 67.3 Å². The molecule has 0 saturated carbocycles. The lowest BCUT2D eigenvalue weighted by molar-refractivity contribution is -0.121. The molecular weight excluding hydrogens is 288 g/mol. The summed E-state index contributed by atoms with van der Waals surface area (Å²) < 4.78 is 5.81. The van der Waals surface area contributed by atoms with Gasteiger partial charge in [0.2, 0.25) is 5.91 Å². The number of carbonyl (C=O) groups excluding carboxylic acids is 1. The van der Waals surface area contributed by atoms with Gasteiger partial charge in [-0.15, -0.1) is 0 Å². The topological polar surface area (TPSA) is 41.6 Å². The number of ether oxygens (including phenoxy) is 1. The van der Waals surface area contributed by atoms with Gasteiger partial charge < -0.3 is 15.0 Å². The highest BCUT2D eigenvalue weighted by Crippen LogP contribution is 2.29. The number of carbonyl (C=O) groups is 1. The second kappa shape index (κ2) is 6.73. The number of fused-ring (bicyclic) bond motifs is 1. The molecule has 0 radical (unpaired) electrons. The maximum absolute atomic E-state index is 12.6. The van der Waals surface area contributed by atoms with Gasteiger partial charge >= 0.3 is 0 Å². The van der Waals surface area contributed by atoms with E-state index >= 15 is 0 Å². The van der Waals surface area contributed by atoms with E-state index in [0.29, 0.717) is 19.7 Å². The van der Waals surface area contributed by atoms with E-state index < -0.39 is 0 Å². The predicted octanol–water partition coefficient (Wildman–Crippen LogP) is 3.47. The Balaban J connectivity index is 1.73. The molecular formula is C19H22N2O2. The zero-order chi connectivity index (χ0) is 16.2. The normalized spacial score (nSPS) is 17.2. The third-order valence-corrected chi connectivity index (χ3v) is 4.05. The maximum Gasteiger partial charge on any atom is 0.231 e. The fraction of sp³-hybridized carbons (Fsp3) is 0.316. The number of aryl methyl sites for hydroxylation is 1. The fourth-order valence-corrected chi connectivity index (χ4v) is 2.78. The highest BCUT2D eigenvalue weighted by Gasteiger charge is 2.26. The Labute approximate surface area is 137 Å². The summed E-state index contributed by atoms with van der Waals surface area (Å²) >= 11 is 0. The van der Waals surface area contributed by atoms with Crippen LogP contribution in [0.3, 0.4) is 0 Å². The smallest absolute Gasteiger partial charge is 0.231 e. The summed E-state index contributed by atoms with van der Waals surface area (Å²) in [7, 11) is 0. The summed E-state index contributed by atoms with van der Waals surface area (Å²) in [5.74, 6) is 0.920. The van der Waals surface area contributed by atoms with E-state index in [9.17, 15) is 4.79 Å². The molecule has 4 nitrogen and oxygen atoms in total. The number of rotatable bonds is 4. The van der Waals surface area contributed by atoms with Crippen LogP contribution in [0.25, 0.3) is 0 Å². The van der Waals surface area contributed by atoms with E-state index in [-0.39, 0.29) is 11.8 Å². The largest absolute Gasteiger partial charge is 0.492 e. The Kier molecular flexibility index (Phi) is 4.51. The Bertz CT molecular complexity index is 699. The molecule has 23 heavy (non-hydrogen) atoms. The first-order chi connectivity index (χ1) is 11.1. The lowest BCUT2D eigenvalue weighted by atomic mass is 10.1. The van der Waals surface area contributed by atoms with Crippen LogP contribution in [0.15, 0.2) is 48.5 Å². The Morgan fingerprint density at radius 1 is 1.22 bits per heavy atom. The quantitative estimate of drug-likeness (QED) is 0.940. The van der Waals surface area contributed by atoms with Crippen molar-refractivity contribution in [2.24, 2.45) is 5.92 Å². The van der Waals surface area contributed by atoms with Crippen LogP contribution in [-0.4, -0.2) is 25.6 Å². The number of nitrogens with zero attached hydrogens (tertiary/aromatic N) is 1. The molecule has 120 valence electrons. The molecule has 0 aromatic heterocycles. The summed E-state index contributed by atoms with van der Waals surface area (Å²) in [6.07, 6.45) is 0. The Morgan fingerprint density at radius 3 is 2.87 bits per heavy atom. The standard InChI is InChI=1S/C19H22N2O2/c1-14-6-5-7-16(12-14)23-11-10-21-18-9-4-3-8-17(18)20-13-15(2)19(21)22/h3-9,12,15,20H,10-11,13H2,1-2H3/t15-/m1/s1. The predicted molar refractivity (Wildman–Crippen MR) is 93.1 cm³/mol. The highest BCUT2D eigenvalue weighted by molar-refractivity contribution is 5.99. The zero-order valence-corrected chi connectivity index (χ0v) is 13.6. The monoisotopic (exact) mass is 310 g/mol. The van der Waals surface area contributed by atoms with Crippen molar-refractivity contribution in [3.8, 4) is 5.75 Å². The lowest BCUT2D eigenvalue weighted by Gasteiger charge is -2.24. The third kappa shape index (κ3) is 3.47. The minimum absolute atomic E-state index is 0.0543. The summed E-state index contributed by atoms with van der Waals surface area (Å²) in [6, 6.07) is 15.9. The summed E-state index contributed by atoms with van der Waals surface area (Å²) in [6.45, 7) is 5.65. The second-order valence-corrected chi connectivity index (χ2v) is 5.95. The second-order valence-electron chi connectivity index (χ2n) is 5.95. The van der Waals surface area contributed by atoms with Crippen molar-refractivity contribution in [2.75, 3.05) is 29.9 Å². The Hall–Kier alpha value is -2.49. The number of hydrogen-bond donors (Lipinski definition) is 1. The molecule has 0 fully saturated rings. The van der Waals surface area contributed by atoms with Crippen molar-refractivity contribution < 1.29 is 9.53 Å². The van der Waals surface area contributed by atoms with Gasteiger partial charge in [-0.3, -0.25) is 4.79 Å². The van der Waals surface area contributed by atoms with Gasteiger partial charge in [-0.05, 0) is 36.8 Å². The van der Waals surface area contributed by atoms with Crippen molar-refractivity contribution in [3.63, 3.8) is 0 Å². The number of nitrogens with one attached hydrogen (secondary N) is 1. The number of hydrogen-bond acceptors (Lipinski definition) is 3. The maximum atomic E-state index is 12.6. The van der Waals surface area contributed by atoms with Crippen LogP contribution >= 0.6 is 0 Å². The van der Waals surface area contributed by atoms with Gasteiger partial charge in [0, 0.05) is 6.54 Å². The van der Waals surface area contributed by atoms with Crippen LogP contribution in [0.5, 0.6) is 5.75 Å². The van der Waals surface area contributed by atoms with Gasteiger partial charge in [0.15, 0.2) is 0 Å². The lowest BCUT2D eigenvalue weighted by Crippen LogP contribution is -2.38. The molecule has 3 rings (SSSR count). The van der Waals surface area contributed by atoms with E-state index in [4.69, 9.17) is 4.74 Å². The van der Waals surface area contributed by atoms with Crippen LogP contribution in [0.1, 0.15) is 12.5 Å². The minimum Gasteiger partial charge on any atom is -0.492 e. The van der Waals surface area contributed by atoms with E-state index in [2.05, 4.69) is 5.32 Å². The molecule has 2 aromatic carbocycles. The van der Waals surface area contributed by atoms with Crippen LogP contribution in [0.4, 0.5) is 11.4 Å². The molecule has 0 aliphatic carbocycles. The van der Waals surface area contributed by atoms with Gasteiger partial charge in [-0.25, -0.2) is 0 Å². The summed E-state index contributed by atoms with van der Waals surface area (Å²) in [5.41, 5.74) is 3.09. The number of benzene rings is 2. The van der Waals surface area contributed by atoms with Crippen molar-refractivity contribution in [3.05, 3.63) is 54.1 Å². The molecule has 0 saturated heterocycles. The van der Waals surface area contributed by atoms with Gasteiger partial charge in [-0.1, -0.05) is 31.2 Å². The fourth-order valence-electron chi connectivity index (χ4n) is 2.78. The van der Waals surface area contributed by atoms with Crippen molar-refractivity contribution in [1.29, 1.82) is 0 Å². The van der Waals surface area contributed by atoms with Gasteiger partial charge in [0.25, 0.3) is 0 Å². The molecule has 1 aliphatic rings. The van der Waals surface area contributed by atoms with Crippen LogP contribution < -0.4 is 15.0 Å². The number of amides is 1. The zero-order valence-electron chi connectivity index (χ0n) is 13.6. The number of para-hydroxylation sites is 2. The molecule has 2 aromatic rings. The van der Waals surface area contributed by atoms with E-state index in [1.54, 1.807) is 0 Å². The molecule has 1 aliphatic heterocycles. The van der Waals surface area contributed by atoms with Crippen molar-refractivity contribution >= 4 is 17.3 Å². The van der Waals surface area contributed by atoms with Crippen LogP contribution in [-0.2, 0) is 4.79 Å². The molecule has 0 bridgehead atoms. The molecule has 0 unspecified atom stereocenters. The molecule has 1 heterocycles. The first kappa shape index (κ1) is 15.4. The first-order valence-corrected chi connectivity index (χ1v) is 7.99. The molecule has 1 atom stereocenters. The minimum atomic E-state index is -0.0543. The van der Waals surface area contributed by atoms with Gasteiger partial charge in [0.05, 0.1) is 23.8 Å². The average Bonchev–Trinajstić information content (AvgIpc) is 2.67. The van der Waals surface area contributed by atoms with Crippen molar-refractivity contribution in [2.45, 2.75) is 13.8 Å². The average molecular weight is 310 g/mol. The molecule has 1 amide bonds.